The van der Waals surface area contributed by atoms with E-state index in [4.69, 9.17) is 14.0 Å². The molecular formula is C19H25N3O5. The number of hydrogen-bond acceptors (Lipinski definition) is 7. The predicted octanol–water partition coefficient (Wildman–Crippen LogP) is 2.48. The molecule has 8 nitrogen and oxygen atoms in total. The smallest absolute Gasteiger partial charge is 0.326 e. The Morgan fingerprint density at radius 2 is 1.85 bits per heavy atom. The van der Waals surface area contributed by atoms with Crippen molar-refractivity contribution in [2.45, 2.75) is 39.2 Å². The minimum Gasteiger partial charge on any atom is -0.497 e. The van der Waals surface area contributed by atoms with Crippen LogP contribution in [-0.4, -0.2) is 53.2 Å². The summed E-state index contributed by atoms with van der Waals surface area (Å²) in [5, 5.41) is 3.93. The lowest BCUT2D eigenvalue weighted by molar-refractivity contribution is -0.158. The Balaban J connectivity index is 1.86. The van der Waals surface area contributed by atoms with Crippen molar-refractivity contribution in [3.8, 4) is 17.1 Å². The van der Waals surface area contributed by atoms with E-state index in [1.165, 1.54) is 4.90 Å². The second-order valence-corrected chi connectivity index (χ2v) is 7.08. The number of esters is 1. The molecule has 8 heteroatoms. The van der Waals surface area contributed by atoms with Crippen molar-refractivity contribution in [2.75, 3.05) is 20.7 Å². The zero-order chi connectivity index (χ0) is 20.0. The molecule has 0 unspecified atom stereocenters. The van der Waals surface area contributed by atoms with E-state index >= 15 is 0 Å². The fourth-order valence-corrected chi connectivity index (χ4v) is 2.27. The lowest BCUT2D eigenvalue weighted by Gasteiger charge is -2.22. The van der Waals surface area contributed by atoms with Gasteiger partial charge in [-0.25, -0.2) is 0 Å². The van der Waals surface area contributed by atoms with E-state index in [0.717, 1.165) is 11.3 Å². The molecule has 0 aliphatic rings. The summed E-state index contributed by atoms with van der Waals surface area (Å²) < 4.78 is 15.5. The van der Waals surface area contributed by atoms with Gasteiger partial charge in [0.1, 0.15) is 17.9 Å². The van der Waals surface area contributed by atoms with Crippen LogP contribution >= 0.6 is 0 Å². The Labute approximate surface area is 158 Å². The molecule has 0 bridgehead atoms. The first-order valence-electron chi connectivity index (χ1n) is 8.61. The lowest BCUT2D eigenvalue weighted by Crippen LogP contribution is -2.36. The maximum atomic E-state index is 12.2. The summed E-state index contributed by atoms with van der Waals surface area (Å²) in [4.78, 5) is 29.6. The molecule has 1 aromatic heterocycles. The Morgan fingerprint density at radius 3 is 2.44 bits per heavy atom. The summed E-state index contributed by atoms with van der Waals surface area (Å²) in [5.41, 5.74) is 0.210. The van der Waals surface area contributed by atoms with E-state index in [9.17, 15) is 9.59 Å². The second-order valence-electron chi connectivity index (χ2n) is 7.08. The molecule has 2 rings (SSSR count). The molecule has 0 atom stereocenters. The van der Waals surface area contributed by atoms with Crippen LogP contribution in [0.4, 0.5) is 0 Å². The molecule has 0 aliphatic carbocycles. The van der Waals surface area contributed by atoms with E-state index in [2.05, 4.69) is 10.1 Å². The monoisotopic (exact) mass is 375 g/mol. The summed E-state index contributed by atoms with van der Waals surface area (Å²) in [6.07, 6.45) is 0.449. The number of aryl methyl sites for hydroxylation is 1. The maximum Gasteiger partial charge on any atom is 0.326 e. The molecular weight excluding hydrogens is 350 g/mol. The quantitative estimate of drug-likeness (QED) is 0.686. The molecule has 0 radical (unpaired) electrons. The van der Waals surface area contributed by atoms with Crippen molar-refractivity contribution in [2.24, 2.45) is 0 Å². The summed E-state index contributed by atoms with van der Waals surface area (Å²) >= 11 is 0. The van der Waals surface area contributed by atoms with Crippen molar-refractivity contribution in [3.05, 3.63) is 30.2 Å². The Kier molecular flexibility index (Phi) is 6.55. The van der Waals surface area contributed by atoms with Crippen LogP contribution in [0.25, 0.3) is 11.4 Å². The highest BCUT2D eigenvalue weighted by atomic mass is 16.6. The molecule has 1 amide bonds. The third-order valence-electron chi connectivity index (χ3n) is 3.58. The van der Waals surface area contributed by atoms with Crippen LogP contribution in [0.2, 0.25) is 0 Å². The molecule has 0 aliphatic heterocycles. The highest BCUT2D eigenvalue weighted by Crippen LogP contribution is 2.20. The van der Waals surface area contributed by atoms with E-state index in [-0.39, 0.29) is 18.9 Å². The number of ether oxygens (including phenoxy) is 2. The van der Waals surface area contributed by atoms with E-state index in [1.54, 1.807) is 47.1 Å². The number of amides is 1. The number of aromatic nitrogens is 2. The van der Waals surface area contributed by atoms with Crippen LogP contribution in [0, 0.1) is 0 Å². The van der Waals surface area contributed by atoms with Crippen LogP contribution in [0.1, 0.15) is 33.1 Å². The molecule has 1 heterocycles. The molecule has 0 saturated carbocycles. The van der Waals surface area contributed by atoms with Gasteiger partial charge in [-0.3, -0.25) is 9.59 Å². The zero-order valence-electron chi connectivity index (χ0n) is 16.3. The molecule has 0 N–H and O–H groups in total. The lowest BCUT2D eigenvalue weighted by atomic mass is 10.2. The van der Waals surface area contributed by atoms with Gasteiger partial charge in [-0.1, -0.05) is 5.16 Å². The number of carbonyl (C=O) groups excluding carboxylic acids is 2. The topological polar surface area (TPSA) is 94.8 Å². The van der Waals surface area contributed by atoms with Crippen molar-refractivity contribution in [1.82, 2.24) is 15.0 Å². The number of carbonyl (C=O) groups is 2. The predicted molar refractivity (Wildman–Crippen MR) is 98.1 cm³/mol. The number of nitrogens with zero attached hydrogens (tertiary/aromatic N) is 3. The summed E-state index contributed by atoms with van der Waals surface area (Å²) in [6, 6.07) is 7.27. The summed E-state index contributed by atoms with van der Waals surface area (Å²) in [7, 11) is 3.15. The molecule has 0 spiro atoms. The first-order valence-corrected chi connectivity index (χ1v) is 8.61. The summed E-state index contributed by atoms with van der Waals surface area (Å²) in [5.74, 6) is 0.895. The minimum atomic E-state index is -0.581. The van der Waals surface area contributed by atoms with Crippen molar-refractivity contribution < 1.29 is 23.6 Å². The molecule has 0 saturated heterocycles. The number of benzene rings is 1. The van der Waals surface area contributed by atoms with Crippen LogP contribution in [-0.2, 0) is 20.7 Å². The molecule has 146 valence electrons. The number of hydrogen-bond donors (Lipinski definition) is 0. The molecule has 0 fully saturated rings. The fourth-order valence-electron chi connectivity index (χ4n) is 2.27. The number of methoxy groups -OCH3 is 1. The SMILES string of the molecule is COc1ccc(-c2noc(CCC(=O)N(C)CC(=O)OC(C)(C)C)n2)cc1. The average Bonchev–Trinajstić information content (AvgIpc) is 3.07. The third kappa shape index (κ3) is 6.40. The van der Waals surface area contributed by atoms with Gasteiger partial charge in [-0.15, -0.1) is 0 Å². The van der Waals surface area contributed by atoms with E-state index in [0.29, 0.717) is 18.1 Å². The van der Waals surface area contributed by atoms with Gasteiger partial charge >= 0.3 is 5.97 Å². The standard InChI is InChI=1S/C19H25N3O5/c1-19(2,3)26-17(24)12-22(4)16(23)11-10-15-20-18(21-27-15)13-6-8-14(25-5)9-7-13/h6-9H,10-12H2,1-5H3. The largest absolute Gasteiger partial charge is 0.497 e. The van der Waals surface area contributed by atoms with Crippen molar-refractivity contribution in [3.63, 3.8) is 0 Å². The van der Waals surface area contributed by atoms with E-state index < -0.39 is 11.6 Å². The highest BCUT2D eigenvalue weighted by molar-refractivity contribution is 5.82. The normalized spacial score (nSPS) is 11.1. The first-order chi connectivity index (χ1) is 12.7. The maximum absolute atomic E-state index is 12.2. The van der Waals surface area contributed by atoms with Crippen LogP contribution in [0.15, 0.2) is 28.8 Å². The van der Waals surface area contributed by atoms with Gasteiger partial charge in [0.2, 0.25) is 17.6 Å². The Hall–Kier alpha value is -2.90. The average molecular weight is 375 g/mol. The van der Waals surface area contributed by atoms with E-state index in [1.807, 2.05) is 12.1 Å². The van der Waals surface area contributed by atoms with Gasteiger partial charge in [-0.05, 0) is 45.0 Å². The summed E-state index contributed by atoms with van der Waals surface area (Å²) in [6.45, 7) is 5.24. The van der Waals surface area contributed by atoms with Crippen LogP contribution < -0.4 is 4.74 Å². The van der Waals surface area contributed by atoms with Gasteiger partial charge < -0.3 is 18.9 Å². The van der Waals surface area contributed by atoms with Crippen LogP contribution in [0.3, 0.4) is 0 Å². The Morgan fingerprint density at radius 1 is 1.19 bits per heavy atom. The molecule has 2 aromatic rings. The Bertz CT molecular complexity index is 777. The third-order valence-corrected chi connectivity index (χ3v) is 3.58. The number of likely N-dealkylation sites (N-methyl/N-ethyl adjacent to an activating group) is 1. The highest BCUT2D eigenvalue weighted by Gasteiger charge is 2.20. The molecule has 27 heavy (non-hydrogen) atoms. The van der Waals surface area contributed by atoms with Gasteiger partial charge in [0.15, 0.2) is 0 Å². The van der Waals surface area contributed by atoms with Gasteiger partial charge in [0.05, 0.1) is 7.11 Å². The van der Waals surface area contributed by atoms with Crippen molar-refractivity contribution in [1.29, 1.82) is 0 Å². The number of rotatable bonds is 7. The van der Waals surface area contributed by atoms with Gasteiger partial charge in [0, 0.05) is 25.5 Å². The zero-order valence-corrected chi connectivity index (χ0v) is 16.3. The fraction of sp³-hybridized carbons (Fsp3) is 0.474. The first kappa shape index (κ1) is 20.4. The minimum absolute atomic E-state index is 0.100. The van der Waals surface area contributed by atoms with Gasteiger partial charge in [-0.2, -0.15) is 4.98 Å². The van der Waals surface area contributed by atoms with Gasteiger partial charge in [0.25, 0.3) is 0 Å². The second kappa shape index (κ2) is 8.66. The van der Waals surface area contributed by atoms with Crippen LogP contribution in [0.5, 0.6) is 5.75 Å². The van der Waals surface area contributed by atoms with Crippen molar-refractivity contribution >= 4 is 11.9 Å². The molecule has 1 aromatic carbocycles.